The predicted molar refractivity (Wildman–Crippen MR) is 91.6 cm³/mol. The number of likely N-dealkylation sites (N-methyl/N-ethyl adjacent to an activating group) is 1. The first-order chi connectivity index (χ1) is 12.1. The van der Waals surface area contributed by atoms with Crippen molar-refractivity contribution in [1.29, 1.82) is 0 Å². The van der Waals surface area contributed by atoms with E-state index in [2.05, 4.69) is 20.1 Å². The van der Waals surface area contributed by atoms with Gasteiger partial charge in [0.15, 0.2) is 0 Å². The largest absolute Gasteiger partial charge is 0.458 e. The van der Waals surface area contributed by atoms with Gasteiger partial charge in [0.05, 0.1) is 5.69 Å². The van der Waals surface area contributed by atoms with E-state index in [1.165, 1.54) is 21.9 Å². The van der Waals surface area contributed by atoms with E-state index in [1.54, 1.807) is 30.4 Å². The molecule has 0 aliphatic heterocycles. The zero-order chi connectivity index (χ0) is 17.8. The Kier molecular flexibility index (Phi) is 4.98. The minimum atomic E-state index is -0.462. The van der Waals surface area contributed by atoms with Crippen LogP contribution in [0.2, 0.25) is 0 Å². The van der Waals surface area contributed by atoms with Crippen LogP contribution in [0.25, 0.3) is 4.96 Å². The SMILES string of the molecule is CCc1nn2c(=O)cc(COC(=O)CN(C)c3ncccn3)nc2s1. The first-order valence-electron chi connectivity index (χ1n) is 7.59. The van der Waals surface area contributed by atoms with Crippen LogP contribution in [0, 0.1) is 0 Å². The van der Waals surface area contributed by atoms with E-state index >= 15 is 0 Å². The lowest BCUT2D eigenvalue weighted by atomic mass is 10.4. The van der Waals surface area contributed by atoms with E-state index in [4.69, 9.17) is 4.74 Å². The van der Waals surface area contributed by atoms with Crippen LogP contribution in [-0.4, -0.2) is 44.1 Å². The van der Waals surface area contributed by atoms with E-state index in [9.17, 15) is 9.59 Å². The second kappa shape index (κ2) is 7.34. The maximum atomic E-state index is 12.0. The molecule has 0 amide bonds. The summed E-state index contributed by atoms with van der Waals surface area (Å²) in [6, 6.07) is 3.02. The van der Waals surface area contributed by atoms with Crippen LogP contribution in [0.5, 0.6) is 0 Å². The fraction of sp³-hybridized carbons (Fsp3) is 0.333. The van der Waals surface area contributed by atoms with Gasteiger partial charge in [-0.25, -0.2) is 15.0 Å². The van der Waals surface area contributed by atoms with Gasteiger partial charge in [0, 0.05) is 25.5 Å². The summed E-state index contributed by atoms with van der Waals surface area (Å²) < 4.78 is 6.45. The molecule has 3 heterocycles. The van der Waals surface area contributed by atoms with Crippen LogP contribution in [0.3, 0.4) is 0 Å². The lowest BCUT2D eigenvalue weighted by molar-refractivity contribution is -0.143. The molecule has 0 atom stereocenters. The number of hydrogen-bond donors (Lipinski definition) is 0. The number of fused-ring (bicyclic) bond motifs is 1. The summed E-state index contributed by atoms with van der Waals surface area (Å²) in [6.45, 7) is 1.87. The van der Waals surface area contributed by atoms with E-state index in [0.717, 1.165) is 11.4 Å². The van der Waals surface area contributed by atoms with Gasteiger partial charge < -0.3 is 9.64 Å². The fourth-order valence-electron chi connectivity index (χ4n) is 2.07. The summed E-state index contributed by atoms with van der Waals surface area (Å²) in [7, 11) is 1.69. The number of hydrogen-bond acceptors (Lipinski definition) is 9. The van der Waals surface area contributed by atoms with Crippen LogP contribution in [0.4, 0.5) is 5.95 Å². The highest BCUT2D eigenvalue weighted by molar-refractivity contribution is 7.16. The lowest BCUT2D eigenvalue weighted by Crippen LogP contribution is -2.28. The van der Waals surface area contributed by atoms with Crippen LogP contribution in [0.15, 0.2) is 29.3 Å². The molecular formula is C15H16N6O3S. The van der Waals surface area contributed by atoms with Crippen molar-refractivity contribution in [2.75, 3.05) is 18.5 Å². The Labute approximate surface area is 146 Å². The highest BCUT2D eigenvalue weighted by atomic mass is 32.1. The molecular weight excluding hydrogens is 344 g/mol. The van der Waals surface area contributed by atoms with Gasteiger partial charge in [-0.15, -0.1) is 0 Å². The number of carbonyl (C=O) groups excluding carboxylic acids is 1. The van der Waals surface area contributed by atoms with Crippen LogP contribution < -0.4 is 10.5 Å². The Morgan fingerprint density at radius 3 is 2.84 bits per heavy atom. The van der Waals surface area contributed by atoms with Crippen molar-refractivity contribution in [3.63, 3.8) is 0 Å². The number of esters is 1. The molecule has 3 aromatic rings. The topological polar surface area (TPSA) is 103 Å². The molecule has 0 aliphatic carbocycles. The van der Waals surface area contributed by atoms with Gasteiger partial charge >= 0.3 is 5.97 Å². The summed E-state index contributed by atoms with van der Waals surface area (Å²) in [5.41, 5.74) is 0.102. The second-order valence-electron chi connectivity index (χ2n) is 5.19. The molecule has 9 nitrogen and oxygen atoms in total. The number of rotatable bonds is 6. The molecule has 10 heteroatoms. The number of nitrogens with zero attached hydrogens (tertiary/aromatic N) is 6. The molecule has 0 saturated carbocycles. The molecule has 25 heavy (non-hydrogen) atoms. The summed E-state index contributed by atoms with van der Waals surface area (Å²) in [5.74, 6) is -0.0375. The Morgan fingerprint density at radius 1 is 1.36 bits per heavy atom. The van der Waals surface area contributed by atoms with Gasteiger partial charge in [0.1, 0.15) is 18.2 Å². The Balaban J connectivity index is 1.64. The van der Waals surface area contributed by atoms with Gasteiger partial charge in [-0.2, -0.15) is 9.61 Å². The van der Waals surface area contributed by atoms with Crippen molar-refractivity contribution < 1.29 is 9.53 Å². The summed E-state index contributed by atoms with van der Waals surface area (Å²) in [5, 5.41) is 4.99. The van der Waals surface area contributed by atoms with Crippen molar-refractivity contribution in [1.82, 2.24) is 24.6 Å². The zero-order valence-electron chi connectivity index (χ0n) is 13.7. The van der Waals surface area contributed by atoms with E-state index in [0.29, 0.717) is 16.6 Å². The molecule has 0 N–H and O–H groups in total. The van der Waals surface area contributed by atoms with Crippen LogP contribution in [-0.2, 0) is 22.6 Å². The molecule has 0 radical (unpaired) electrons. The fourth-order valence-corrected chi connectivity index (χ4v) is 2.92. The predicted octanol–water partition coefficient (Wildman–Crippen LogP) is 0.683. The number of carbonyl (C=O) groups is 1. The molecule has 0 fully saturated rings. The summed E-state index contributed by atoms with van der Waals surface area (Å²) in [4.78, 5) is 38.5. The minimum absolute atomic E-state index is 0.00815. The van der Waals surface area contributed by atoms with Crippen molar-refractivity contribution >= 4 is 28.2 Å². The average Bonchev–Trinajstić information content (AvgIpc) is 3.04. The lowest BCUT2D eigenvalue weighted by Gasteiger charge is -2.15. The quantitative estimate of drug-likeness (QED) is 0.592. The zero-order valence-corrected chi connectivity index (χ0v) is 14.6. The average molecular weight is 360 g/mol. The molecule has 0 aliphatic rings. The molecule has 0 saturated heterocycles. The molecule has 0 spiro atoms. The molecule has 3 rings (SSSR count). The van der Waals surface area contributed by atoms with E-state index in [1.807, 2.05) is 6.92 Å². The highest BCUT2D eigenvalue weighted by Gasteiger charge is 2.13. The molecule has 3 aromatic heterocycles. The Hall–Kier alpha value is -2.88. The first-order valence-corrected chi connectivity index (χ1v) is 8.41. The molecule has 0 aromatic carbocycles. The highest BCUT2D eigenvalue weighted by Crippen LogP contribution is 2.12. The van der Waals surface area contributed by atoms with Gasteiger partial charge in [-0.1, -0.05) is 18.3 Å². The third kappa shape index (κ3) is 3.97. The van der Waals surface area contributed by atoms with Gasteiger partial charge in [-0.05, 0) is 12.5 Å². The maximum absolute atomic E-state index is 12.0. The smallest absolute Gasteiger partial charge is 0.326 e. The number of aromatic nitrogens is 5. The number of anilines is 1. The van der Waals surface area contributed by atoms with Gasteiger partial charge in [0.2, 0.25) is 10.9 Å². The third-order valence-corrected chi connectivity index (χ3v) is 4.34. The third-order valence-electron chi connectivity index (χ3n) is 3.28. The Morgan fingerprint density at radius 2 is 2.12 bits per heavy atom. The van der Waals surface area contributed by atoms with Crippen molar-refractivity contribution in [3.8, 4) is 0 Å². The van der Waals surface area contributed by atoms with Gasteiger partial charge in [-0.3, -0.25) is 9.59 Å². The number of ether oxygens (including phenoxy) is 1. The summed E-state index contributed by atoms with van der Waals surface area (Å²) >= 11 is 1.34. The maximum Gasteiger partial charge on any atom is 0.326 e. The molecule has 0 unspecified atom stereocenters. The van der Waals surface area contributed by atoms with Crippen LogP contribution >= 0.6 is 11.3 Å². The van der Waals surface area contributed by atoms with Crippen molar-refractivity contribution in [2.45, 2.75) is 20.0 Å². The van der Waals surface area contributed by atoms with Crippen molar-refractivity contribution in [3.05, 3.63) is 45.6 Å². The van der Waals surface area contributed by atoms with Crippen molar-refractivity contribution in [2.24, 2.45) is 0 Å². The van der Waals surface area contributed by atoms with Gasteiger partial charge in [0.25, 0.3) is 5.56 Å². The normalized spacial score (nSPS) is 10.8. The first kappa shape index (κ1) is 17.0. The molecule has 130 valence electrons. The molecule has 0 bridgehead atoms. The minimum Gasteiger partial charge on any atom is -0.458 e. The summed E-state index contributed by atoms with van der Waals surface area (Å²) in [6.07, 6.45) is 3.92. The second-order valence-corrected chi connectivity index (χ2v) is 6.24. The Bertz CT molecular complexity index is 939. The van der Waals surface area contributed by atoms with E-state index < -0.39 is 5.97 Å². The monoisotopic (exact) mass is 360 g/mol. The van der Waals surface area contributed by atoms with E-state index in [-0.39, 0.29) is 18.7 Å². The number of aryl methyl sites for hydroxylation is 1. The van der Waals surface area contributed by atoms with Crippen LogP contribution in [0.1, 0.15) is 17.6 Å². The standard InChI is InChI=1S/C15H16N6O3S/c1-3-11-19-21-12(22)7-10(18-15(21)25-11)9-24-13(23)8-20(2)14-16-5-4-6-17-14/h4-7H,3,8-9H2,1-2H3.